The molecular weight excluding hydrogens is 353 g/mol. The van der Waals surface area contributed by atoms with Crippen molar-refractivity contribution in [2.75, 3.05) is 18.5 Å². The molecule has 1 aromatic carbocycles. The number of nitrogens with one attached hydrogen (secondary N) is 1. The predicted octanol–water partition coefficient (Wildman–Crippen LogP) is 3.58. The summed E-state index contributed by atoms with van der Waals surface area (Å²) in [4.78, 5) is 8.96. The molecule has 0 bridgehead atoms. The van der Waals surface area contributed by atoms with Crippen LogP contribution < -0.4 is 10.1 Å². The number of benzene rings is 1. The van der Waals surface area contributed by atoms with E-state index in [1.807, 2.05) is 44.3 Å². The fourth-order valence-electron chi connectivity index (χ4n) is 1.72. The van der Waals surface area contributed by atoms with E-state index in [9.17, 15) is 0 Å². The van der Waals surface area contributed by atoms with Gasteiger partial charge in [-0.1, -0.05) is 12.1 Å². The van der Waals surface area contributed by atoms with E-state index in [0.717, 1.165) is 27.2 Å². The number of anilines is 1. The average molecular weight is 369 g/mol. The molecule has 0 spiro atoms. The molecular formula is C14H16IN3O. The smallest absolute Gasteiger partial charge is 0.165 e. The van der Waals surface area contributed by atoms with Crippen molar-refractivity contribution in [3.63, 3.8) is 0 Å². The molecule has 0 saturated carbocycles. The summed E-state index contributed by atoms with van der Waals surface area (Å²) < 4.78 is 6.63. The molecule has 19 heavy (non-hydrogen) atoms. The highest BCUT2D eigenvalue weighted by atomic mass is 127. The number of ether oxygens (including phenoxy) is 1. The molecule has 0 unspecified atom stereocenters. The van der Waals surface area contributed by atoms with Gasteiger partial charge in [-0.2, -0.15) is 0 Å². The number of hydrogen-bond acceptors (Lipinski definition) is 4. The van der Waals surface area contributed by atoms with Crippen molar-refractivity contribution >= 4 is 28.4 Å². The number of halogens is 1. The van der Waals surface area contributed by atoms with Crippen LogP contribution in [-0.4, -0.2) is 23.1 Å². The minimum absolute atomic E-state index is 0.626. The molecule has 2 aromatic rings. The first-order valence-electron chi connectivity index (χ1n) is 6.24. The summed E-state index contributed by atoms with van der Waals surface area (Å²) in [5, 5.41) is 3.24. The summed E-state index contributed by atoms with van der Waals surface area (Å²) in [7, 11) is 0. The second-order valence-electron chi connectivity index (χ2n) is 3.85. The predicted molar refractivity (Wildman–Crippen MR) is 85.5 cm³/mol. The standard InChI is InChI=1S/C14H16IN3O/c1-3-16-14-11(15)9-17-13(18-14)10-7-5-6-8-12(10)19-4-2/h5-9H,3-4H2,1-2H3,(H,16,17,18). The molecule has 0 aliphatic carbocycles. The molecule has 0 fully saturated rings. The first kappa shape index (κ1) is 14.0. The number of aromatic nitrogens is 2. The molecule has 2 rings (SSSR count). The van der Waals surface area contributed by atoms with E-state index in [1.165, 1.54) is 0 Å². The first-order valence-corrected chi connectivity index (χ1v) is 7.32. The van der Waals surface area contributed by atoms with Crippen LogP contribution in [0.5, 0.6) is 5.75 Å². The Kier molecular flexibility index (Phi) is 4.95. The van der Waals surface area contributed by atoms with Crippen molar-refractivity contribution in [3.8, 4) is 17.1 Å². The molecule has 0 saturated heterocycles. The maximum atomic E-state index is 5.62. The molecule has 5 heteroatoms. The minimum Gasteiger partial charge on any atom is -0.493 e. The topological polar surface area (TPSA) is 47.0 Å². The number of para-hydroxylation sites is 1. The van der Waals surface area contributed by atoms with Crippen molar-refractivity contribution < 1.29 is 4.74 Å². The fraction of sp³-hybridized carbons (Fsp3) is 0.286. The SMILES string of the molecule is CCNc1nc(-c2ccccc2OCC)ncc1I. The van der Waals surface area contributed by atoms with Gasteiger partial charge in [-0.05, 0) is 48.6 Å². The van der Waals surface area contributed by atoms with Crippen molar-refractivity contribution in [1.29, 1.82) is 0 Å². The maximum Gasteiger partial charge on any atom is 0.165 e. The lowest BCUT2D eigenvalue weighted by molar-refractivity contribution is 0.341. The Morgan fingerprint density at radius 1 is 1.26 bits per heavy atom. The van der Waals surface area contributed by atoms with Crippen LogP contribution in [0.25, 0.3) is 11.4 Å². The molecule has 0 atom stereocenters. The second-order valence-corrected chi connectivity index (χ2v) is 5.01. The van der Waals surface area contributed by atoms with Gasteiger partial charge in [0, 0.05) is 12.7 Å². The first-order chi connectivity index (χ1) is 9.26. The highest BCUT2D eigenvalue weighted by molar-refractivity contribution is 14.1. The van der Waals surface area contributed by atoms with Crippen molar-refractivity contribution in [2.45, 2.75) is 13.8 Å². The molecule has 1 N–H and O–H groups in total. The van der Waals surface area contributed by atoms with Gasteiger partial charge in [0.05, 0.1) is 15.7 Å². The minimum atomic E-state index is 0.626. The zero-order valence-corrected chi connectivity index (χ0v) is 13.1. The van der Waals surface area contributed by atoms with Gasteiger partial charge >= 0.3 is 0 Å². The van der Waals surface area contributed by atoms with E-state index in [4.69, 9.17) is 4.74 Å². The average Bonchev–Trinajstić information content (AvgIpc) is 2.43. The van der Waals surface area contributed by atoms with Crippen LogP contribution >= 0.6 is 22.6 Å². The van der Waals surface area contributed by atoms with Crippen molar-refractivity contribution in [1.82, 2.24) is 9.97 Å². The zero-order valence-electron chi connectivity index (χ0n) is 11.0. The number of hydrogen-bond donors (Lipinski definition) is 1. The quantitative estimate of drug-likeness (QED) is 0.819. The van der Waals surface area contributed by atoms with Gasteiger partial charge in [0.25, 0.3) is 0 Å². The lowest BCUT2D eigenvalue weighted by Gasteiger charge is -2.11. The van der Waals surface area contributed by atoms with E-state index in [-0.39, 0.29) is 0 Å². The Hall–Kier alpha value is -1.37. The van der Waals surface area contributed by atoms with E-state index in [0.29, 0.717) is 12.4 Å². The Balaban J connectivity index is 2.44. The van der Waals surface area contributed by atoms with Crippen LogP contribution in [0, 0.1) is 3.57 Å². The third kappa shape index (κ3) is 3.34. The highest BCUT2D eigenvalue weighted by Crippen LogP contribution is 2.28. The number of nitrogens with zero attached hydrogens (tertiary/aromatic N) is 2. The molecule has 0 aliphatic rings. The molecule has 0 amide bonds. The lowest BCUT2D eigenvalue weighted by Crippen LogP contribution is -2.04. The second kappa shape index (κ2) is 6.70. The zero-order chi connectivity index (χ0) is 13.7. The van der Waals surface area contributed by atoms with Crippen LogP contribution in [0.1, 0.15) is 13.8 Å². The Morgan fingerprint density at radius 3 is 2.79 bits per heavy atom. The van der Waals surface area contributed by atoms with Crippen LogP contribution in [-0.2, 0) is 0 Å². The molecule has 1 aromatic heterocycles. The number of rotatable bonds is 5. The summed E-state index contributed by atoms with van der Waals surface area (Å²) in [6.07, 6.45) is 1.82. The van der Waals surface area contributed by atoms with E-state index in [1.54, 1.807) is 0 Å². The summed E-state index contributed by atoms with van der Waals surface area (Å²) >= 11 is 2.23. The molecule has 1 heterocycles. The van der Waals surface area contributed by atoms with Crippen molar-refractivity contribution in [2.24, 2.45) is 0 Å². The van der Waals surface area contributed by atoms with Gasteiger partial charge < -0.3 is 10.1 Å². The Morgan fingerprint density at radius 2 is 2.05 bits per heavy atom. The van der Waals surface area contributed by atoms with Crippen LogP contribution in [0.4, 0.5) is 5.82 Å². The van der Waals surface area contributed by atoms with Crippen LogP contribution in [0.2, 0.25) is 0 Å². The van der Waals surface area contributed by atoms with E-state index < -0.39 is 0 Å². The summed E-state index contributed by atoms with van der Waals surface area (Å²) in [5.41, 5.74) is 0.917. The normalized spacial score (nSPS) is 10.3. The Bertz CT molecular complexity index is 560. The summed E-state index contributed by atoms with van der Waals surface area (Å²) in [6.45, 7) is 5.47. The summed E-state index contributed by atoms with van der Waals surface area (Å²) in [5.74, 6) is 2.36. The van der Waals surface area contributed by atoms with Gasteiger partial charge in [0.1, 0.15) is 11.6 Å². The lowest BCUT2D eigenvalue weighted by atomic mass is 10.2. The van der Waals surface area contributed by atoms with Crippen molar-refractivity contribution in [3.05, 3.63) is 34.0 Å². The highest BCUT2D eigenvalue weighted by Gasteiger charge is 2.10. The van der Waals surface area contributed by atoms with Gasteiger partial charge in [-0.25, -0.2) is 9.97 Å². The van der Waals surface area contributed by atoms with E-state index >= 15 is 0 Å². The van der Waals surface area contributed by atoms with Crippen LogP contribution in [0.3, 0.4) is 0 Å². The van der Waals surface area contributed by atoms with Crippen LogP contribution in [0.15, 0.2) is 30.5 Å². The maximum absolute atomic E-state index is 5.62. The summed E-state index contributed by atoms with van der Waals surface area (Å²) in [6, 6.07) is 7.83. The molecule has 0 aliphatic heterocycles. The van der Waals surface area contributed by atoms with E-state index in [2.05, 4.69) is 37.9 Å². The molecule has 4 nitrogen and oxygen atoms in total. The fourth-order valence-corrected chi connectivity index (χ4v) is 2.17. The van der Waals surface area contributed by atoms with Gasteiger partial charge in [-0.3, -0.25) is 0 Å². The third-order valence-electron chi connectivity index (χ3n) is 2.52. The monoisotopic (exact) mass is 369 g/mol. The molecule has 100 valence electrons. The Labute approximate surface area is 126 Å². The third-order valence-corrected chi connectivity index (χ3v) is 3.31. The largest absolute Gasteiger partial charge is 0.493 e. The van der Waals surface area contributed by atoms with Gasteiger partial charge in [-0.15, -0.1) is 0 Å². The van der Waals surface area contributed by atoms with Gasteiger partial charge in [0.15, 0.2) is 5.82 Å². The van der Waals surface area contributed by atoms with Gasteiger partial charge in [0.2, 0.25) is 0 Å². The molecule has 0 radical (unpaired) electrons.